The Morgan fingerprint density at radius 3 is 1.68 bits per heavy atom. The molecule has 0 amide bonds. The van der Waals surface area contributed by atoms with Gasteiger partial charge in [-0.1, -0.05) is 60.7 Å². The Kier molecular flexibility index (Phi) is 20.2. The quantitative estimate of drug-likeness (QED) is 0.153. The minimum absolute atomic E-state index is 0. The van der Waals surface area contributed by atoms with Crippen LogP contribution in [-0.2, 0) is 30.9 Å². The number of aliphatic hydroxyl groups is 1. The number of β-amino-alcohol motifs (C(OH)–C–C–N with tert-alkyl or cyclic N) is 1. The van der Waals surface area contributed by atoms with Gasteiger partial charge in [-0.05, 0) is 62.4 Å². The molecule has 6 aromatic rings. The van der Waals surface area contributed by atoms with Gasteiger partial charge in [0.05, 0.1) is 51.5 Å². The van der Waals surface area contributed by atoms with Crippen LogP contribution in [0.3, 0.4) is 0 Å². The SMILES string of the molecule is CC(c1ccccc1)n1c(CN2CCOCC2)nnc1CN1CCN(c2ncccn2)CC1.Cl.Cl.Cl.OC1CCCN(Cc2nnc(C3CCN(c4ncccn4)CC3)n2Cc2ccccc2)C1. The van der Waals surface area contributed by atoms with Gasteiger partial charge in [0.2, 0.25) is 11.9 Å². The van der Waals surface area contributed by atoms with Crippen molar-refractivity contribution in [1.29, 1.82) is 0 Å². The number of piperazine rings is 1. The van der Waals surface area contributed by atoms with E-state index >= 15 is 0 Å². The standard InChI is InChI=1S/C24H32N8O.C24H31N7O.3ClH/c1-20(21-6-3-2-4-7-21)32-22(27-28-23(32)19-30-14-16-33-17-15-30)18-29-10-12-31(13-11-29)24-25-8-5-9-26-24;32-21-8-4-13-29(17-21)18-22-27-28-23(31(22)16-19-6-2-1-3-7-19)20-9-14-30(15-10-20)24-25-11-5-12-26-24;;;/h2-9,20H,10-19H2,1H3;1-3,5-7,11-12,20-21,32H,4,8-10,13-18H2;3*1H. The Bertz CT molecular complexity index is 2330. The van der Waals surface area contributed by atoms with Crippen LogP contribution in [-0.4, -0.2) is 154 Å². The van der Waals surface area contributed by atoms with Gasteiger partial charge in [0.15, 0.2) is 0 Å². The van der Waals surface area contributed by atoms with Gasteiger partial charge in [0, 0.05) is 89.6 Å². The van der Waals surface area contributed by atoms with Crippen LogP contribution in [0.15, 0.2) is 97.6 Å². The second-order valence-electron chi connectivity index (χ2n) is 17.6. The number of hydrogen-bond donors (Lipinski definition) is 1. The summed E-state index contributed by atoms with van der Waals surface area (Å²) in [5.41, 5.74) is 2.52. The molecular weight excluding hydrogens is 925 g/mol. The number of piperidine rings is 2. The first-order chi connectivity index (χ1) is 32.0. The van der Waals surface area contributed by atoms with Crippen LogP contribution in [0.1, 0.15) is 79.0 Å². The topological polar surface area (TPSA) is 159 Å². The molecule has 4 aromatic heterocycles. The first kappa shape index (κ1) is 52.5. The maximum atomic E-state index is 10.1. The Hall–Kier alpha value is -4.85. The number of likely N-dealkylation sites (tertiary alicyclic amines) is 1. The average Bonchev–Trinajstić information content (AvgIpc) is 3.95. The fourth-order valence-electron chi connectivity index (χ4n) is 9.50. The number of benzene rings is 2. The predicted molar refractivity (Wildman–Crippen MR) is 270 cm³/mol. The number of aliphatic hydroxyl groups excluding tert-OH is 1. The van der Waals surface area contributed by atoms with Crippen LogP contribution in [0.2, 0.25) is 0 Å². The summed E-state index contributed by atoms with van der Waals surface area (Å²) < 4.78 is 10.2. The highest BCUT2D eigenvalue weighted by Gasteiger charge is 2.29. The molecule has 17 nitrogen and oxygen atoms in total. The van der Waals surface area contributed by atoms with E-state index in [1.807, 2.05) is 18.2 Å². The molecule has 10 rings (SSSR count). The molecule has 20 heteroatoms. The highest BCUT2D eigenvalue weighted by molar-refractivity contribution is 5.86. The summed E-state index contributed by atoms with van der Waals surface area (Å²) in [6.07, 6.45) is 10.9. The maximum Gasteiger partial charge on any atom is 0.225 e. The first-order valence-corrected chi connectivity index (χ1v) is 23.4. The first-order valence-electron chi connectivity index (χ1n) is 23.4. The number of hydrogen-bond acceptors (Lipinski definition) is 15. The van der Waals surface area contributed by atoms with Crippen LogP contribution < -0.4 is 9.80 Å². The fourth-order valence-corrected chi connectivity index (χ4v) is 9.50. The van der Waals surface area contributed by atoms with E-state index in [2.05, 4.69) is 130 Å². The Morgan fingerprint density at radius 1 is 0.559 bits per heavy atom. The Labute approximate surface area is 418 Å². The van der Waals surface area contributed by atoms with Gasteiger partial charge in [0.25, 0.3) is 0 Å². The zero-order chi connectivity index (χ0) is 44.2. The molecule has 0 bridgehead atoms. The lowest BCUT2D eigenvalue weighted by Crippen LogP contribution is -2.46. The van der Waals surface area contributed by atoms with Crippen molar-refractivity contribution in [1.82, 2.24) is 64.2 Å². The van der Waals surface area contributed by atoms with Gasteiger partial charge in [-0.25, -0.2) is 19.9 Å². The normalized spacial score (nSPS) is 18.9. The second kappa shape index (κ2) is 26.2. The Morgan fingerprint density at radius 2 is 1.09 bits per heavy atom. The molecule has 4 aliphatic heterocycles. The molecule has 4 saturated heterocycles. The minimum Gasteiger partial charge on any atom is -0.392 e. The second-order valence-corrected chi connectivity index (χ2v) is 17.6. The van der Waals surface area contributed by atoms with Gasteiger partial charge in [-0.3, -0.25) is 14.7 Å². The summed E-state index contributed by atoms with van der Waals surface area (Å²) >= 11 is 0. The van der Waals surface area contributed by atoms with Crippen molar-refractivity contribution >= 4 is 49.1 Å². The molecule has 4 aliphatic rings. The molecule has 8 heterocycles. The molecule has 1 N–H and O–H groups in total. The average molecular weight is 992 g/mol. The Balaban J connectivity index is 0.000000215. The van der Waals surface area contributed by atoms with E-state index in [-0.39, 0.29) is 49.4 Å². The molecule has 0 saturated carbocycles. The molecule has 2 unspecified atom stereocenters. The van der Waals surface area contributed by atoms with E-state index in [9.17, 15) is 5.11 Å². The molecular formula is C48H66Cl3N15O2. The van der Waals surface area contributed by atoms with Gasteiger partial charge in [-0.15, -0.1) is 57.6 Å². The van der Waals surface area contributed by atoms with Gasteiger partial charge >= 0.3 is 0 Å². The number of ether oxygens (including phenoxy) is 1. The van der Waals surface area contributed by atoms with Crippen LogP contribution in [0.4, 0.5) is 11.9 Å². The van der Waals surface area contributed by atoms with Crippen molar-refractivity contribution in [2.45, 2.75) is 76.8 Å². The van der Waals surface area contributed by atoms with E-state index in [4.69, 9.17) is 9.84 Å². The summed E-state index contributed by atoms with van der Waals surface area (Å²) in [6, 6.07) is 25.0. The lowest BCUT2D eigenvalue weighted by Gasteiger charge is -2.34. The van der Waals surface area contributed by atoms with Crippen molar-refractivity contribution in [3.63, 3.8) is 0 Å². The van der Waals surface area contributed by atoms with Crippen molar-refractivity contribution < 1.29 is 9.84 Å². The molecule has 2 atom stereocenters. The van der Waals surface area contributed by atoms with Crippen molar-refractivity contribution in [2.24, 2.45) is 0 Å². The zero-order valence-corrected chi connectivity index (χ0v) is 41.3. The summed E-state index contributed by atoms with van der Waals surface area (Å²) in [5, 5.41) is 28.8. The number of halogens is 3. The van der Waals surface area contributed by atoms with Crippen LogP contribution in [0.25, 0.3) is 0 Å². The van der Waals surface area contributed by atoms with E-state index < -0.39 is 0 Å². The molecule has 4 fully saturated rings. The maximum absolute atomic E-state index is 10.1. The molecule has 0 radical (unpaired) electrons. The number of aromatic nitrogens is 10. The number of rotatable bonds is 13. The molecule has 0 aliphatic carbocycles. The monoisotopic (exact) mass is 989 g/mol. The summed E-state index contributed by atoms with van der Waals surface area (Å²) in [6.45, 7) is 16.0. The zero-order valence-electron chi connectivity index (χ0n) is 38.9. The van der Waals surface area contributed by atoms with Crippen LogP contribution >= 0.6 is 37.2 Å². The number of morpholine rings is 1. The predicted octanol–water partition coefficient (Wildman–Crippen LogP) is 5.55. The summed E-state index contributed by atoms with van der Waals surface area (Å²) in [4.78, 5) is 29.3. The van der Waals surface area contributed by atoms with Gasteiger partial charge in [-0.2, -0.15) is 0 Å². The third-order valence-corrected chi connectivity index (χ3v) is 13.1. The lowest BCUT2D eigenvalue weighted by atomic mass is 9.96. The van der Waals surface area contributed by atoms with E-state index in [1.165, 1.54) is 11.1 Å². The molecule has 2 aromatic carbocycles. The largest absolute Gasteiger partial charge is 0.392 e. The third kappa shape index (κ3) is 13.7. The summed E-state index contributed by atoms with van der Waals surface area (Å²) in [5.74, 6) is 6.11. The third-order valence-electron chi connectivity index (χ3n) is 13.1. The summed E-state index contributed by atoms with van der Waals surface area (Å²) in [7, 11) is 0. The van der Waals surface area contributed by atoms with E-state index in [0.717, 1.165) is 159 Å². The minimum atomic E-state index is -0.238. The van der Waals surface area contributed by atoms with Gasteiger partial charge in [0.1, 0.15) is 23.3 Å². The molecule has 68 heavy (non-hydrogen) atoms. The lowest BCUT2D eigenvalue weighted by molar-refractivity contribution is 0.0324. The fraction of sp³-hybridized carbons (Fsp3) is 0.500. The van der Waals surface area contributed by atoms with Crippen molar-refractivity contribution in [3.8, 4) is 0 Å². The van der Waals surface area contributed by atoms with Crippen molar-refractivity contribution in [2.75, 3.05) is 88.5 Å². The highest BCUT2D eigenvalue weighted by atomic mass is 35.5. The van der Waals surface area contributed by atoms with Crippen molar-refractivity contribution in [3.05, 3.63) is 132 Å². The van der Waals surface area contributed by atoms with Gasteiger partial charge < -0.3 is 28.8 Å². The molecule has 366 valence electrons. The number of anilines is 2. The van der Waals surface area contributed by atoms with E-state index in [1.54, 1.807) is 24.8 Å². The number of nitrogens with zero attached hydrogens (tertiary/aromatic N) is 15. The highest BCUT2D eigenvalue weighted by Crippen LogP contribution is 2.30. The van der Waals surface area contributed by atoms with Crippen LogP contribution in [0.5, 0.6) is 0 Å². The van der Waals surface area contributed by atoms with E-state index in [0.29, 0.717) is 12.5 Å². The smallest absolute Gasteiger partial charge is 0.225 e. The molecule has 0 spiro atoms. The van der Waals surface area contributed by atoms with Crippen LogP contribution in [0, 0.1) is 0 Å².